The SMILES string of the molecule is COC1C(OC(C)=O)CC(=O)OC(C)CC2OC2/C=C/C(O)C(C)CC(CC=O)C1OC1OC(C)C(OC2CC(C)(O)C(OC(C)=O)C(C)O2)C(N(C)C)C1O. The van der Waals surface area contributed by atoms with Crippen molar-refractivity contribution in [2.75, 3.05) is 21.2 Å². The molecule has 56 heavy (non-hydrogen) atoms. The molecule has 0 radical (unpaired) electrons. The molecule has 4 heterocycles. The number of carbonyl (C=O) groups excluding carboxylic acids is 4. The average Bonchev–Trinajstić information content (AvgIpc) is 3.82. The van der Waals surface area contributed by atoms with Crippen molar-refractivity contribution in [2.24, 2.45) is 11.8 Å². The monoisotopic (exact) mass is 801 g/mol. The summed E-state index contributed by atoms with van der Waals surface area (Å²) in [4.78, 5) is 51.5. The van der Waals surface area contributed by atoms with E-state index in [1.807, 2.05) is 6.92 Å². The van der Waals surface area contributed by atoms with Crippen molar-refractivity contribution in [3.8, 4) is 0 Å². The molecule has 0 aromatic rings. The van der Waals surface area contributed by atoms with Gasteiger partial charge in [0.1, 0.15) is 48.5 Å². The minimum Gasteiger partial charge on any atom is -0.462 e. The van der Waals surface area contributed by atoms with Crippen LogP contribution >= 0.6 is 0 Å². The van der Waals surface area contributed by atoms with Crippen LogP contribution in [0.2, 0.25) is 0 Å². The largest absolute Gasteiger partial charge is 0.462 e. The van der Waals surface area contributed by atoms with Crippen molar-refractivity contribution in [1.82, 2.24) is 4.90 Å². The molecule has 4 aliphatic heterocycles. The van der Waals surface area contributed by atoms with Crippen LogP contribution in [0.25, 0.3) is 0 Å². The van der Waals surface area contributed by atoms with Gasteiger partial charge in [-0.3, -0.25) is 14.4 Å². The number of epoxide rings is 1. The summed E-state index contributed by atoms with van der Waals surface area (Å²) in [5.41, 5.74) is -1.49. The van der Waals surface area contributed by atoms with E-state index in [9.17, 15) is 34.5 Å². The van der Waals surface area contributed by atoms with Crippen molar-refractivity contribution < 1.29 is 77.1 Å². The van der Waals surface area contributed by atoms with Gasteiger partial charge in [0.15, 0.2) is 18.7 Å². The van der Waals surface area contributed by atoms with Gasteiger partial charge in [-0.05, 0) is 60.0 Å². The first-order valence-corrected chi connectivity index (χ1v) is 19.5. The smallest absolute Gasteiger partial charge is 0.309 e. The number of hydrogen-bond acceptors (Lipinski definition) is 17. The Morgan fingerprint density at radius 1 is 0.946 bits per heavy atom. The number of fused-ring (bicyclic) bond motifs is 1. The van der Waals surface area contributed by atoms with Crippen molar-refractivity contribution in [2.45, 2.75) is 178 Å². The molecule has 18 atom stereocenters. The fourth-order valence-corrected chi connectivity index (χ4v) is 8.27. The Labute approximate surface area is 329 Å². The van der Waals surface area contributed by atoms with E-state index < -0.39 is 121 Å². The molecular weight excluding hydrogens is 738 g/mol. The second-order valence-electron chi connectivity index (χ2n) is 16.2. The number of aliphatic hydroxyl groups excluding tert-OH is 2. The molecule has 18 unspecified atom stereocenters. The number of carbonyl (C=O) groups is 4. The van der Waals surface area contributed by atoms with Crippen LogP contribution in [-0.2, 0) is 61.8 Å². The molecule has 3 saturated heterocycles. The Morgan fingerprint density at radius 2 is 1.62 bits per heavy atom. The van der Waals surface area contributed by atoms with Gasteiger partial charge in [-0.15, -0.1) is 0 Å². The second-order valence-corrected chi connectivity index (χ2v) is 16.2. The van der Waals surface area contributed by atoms with E-state index in [-0.39, 0.29) is 31.5 Å². The highest BCUT2D eigenvalue weighted by Crippen LogP contribution is 2.38. The van der Waals surface area contributed by atoms with E-state index in [1.54, 1.807) is 51.9 Å². The third-order valence-electron chi connectivity index (χ3n) is 11.0. The lowest BCUT2D eigenvalue weighted by Crippen LogP contribution is -2.66. The third kappa shape index (κ3) is 12.0. The zero-order valence-corrected chi connectivity index (χ0v) is 34.2. The van der Waals surface area contributed by atoms with E-state index in [0.717, 1.165) is 0 Å². The number of esters is 3. The maximum atomic E-state index is 13.3. The number of ether oxygens (including phenoxy) is 9. The van der Waals surface area contributed by atoms with Crippen LogP contribution in [0.3, 0.4) is 0 Å². The lowest BCUT2D eigenvalue weighted by Gasteiger charge is -2.50. The molecule has 0 aliphatic carbocycles. The van der Waals surface area contributed by atoms with Crippen LogP contribution in [-0.4, -0.2) is 163 Å². The summed E-state index contributed by atoms with van der Waals surface area (Å²) in [7, 11) is 4.84. The number of methoxy groups -OCH3 is 1. The van der Waals surface area contributed by atoms with E-state index in [2.05, 4.69) is 0 Å². The van der Waals surface area contributed by atoms with Crippen LogP contribution in [0.1, 0.15) is 80.6 Å². The van der Waals surface area contributed by atoms with Gasteiger partial charge in [-0.1, -0.05) is 19.1 Å². The van der Waals surface area contributed by atoms with Gasteiger partial charge < -0.3 is 67.6 Å². The zero-order chi connectivity index (χ0) is 41.6. The van der Waals surface area contributed by atoms with Gasteiger partial charge in [-0.2, -0.15) is 0 Å². The number of rotatable bonds is 10. The molecule has 4 rings (SSSR count). The number of cyclic esters (lactones) is 1. The predicted octanol–water partition coefficient (Wildman–Crippen LogP) is 1.20. The van der Waals surface area contributed by atoms with E-state index in [1.165, 1.54) is 27.9 Å². The Morgan fingerprint density at radius 3 is 2.21 bits per heavy atom. The zero-order valence-electron chi connectivity index (χ0n) is 34.2. The van der Waals surface area contributed by atoms with Gasteiger partial charge >= 0.3 is 17.9 Å². The summed E-state index contributed by atoms with van der Waals surface area (Å²) in [5, 5.41) is 34.4. The second kappa shape index (κ2) is 19.9. The summed E-state index contributed by atoms with van der Waals surface area (Å²) in [6.07, 6.45) is -8.25. The van der Waals surface area contributed by atoms with Crippen LogP contribution in [0, 0.1) is 11.8 Å². The van der Waals surface area contributed by atoms with Crippen molar-refractivity contribution in [3.63, 3.8) is 0 Å². The van der Waals surface area contributed by atoms with Gasteiger partial charge in [0.2, 0.25) is 0 Å². The summed E-state index contributed by atoms with van der Waals surface area (Å²) in [6, 6.07) is -0.782. The van der Waals surface area contributed by atoms with Gasteiger partial charge in [0, 0.05) is 40.2 Å². The lowest BCUT2D eigenvalue weighted by molar-refractivity contribution is -0.344. The van der Waals surface area contributed by atoms with Gasteiger partial charge in [-0.25, -0.2) is 0 Å². The maximum absolute atomic E-state index is 13.3. The fraction of sp³-hybridized carbons (Fsp3) is 0.846. The minimum atomic E-state index is -1.49. The van der Waals surface area contributed by atoms with Gasteiger partial charge in [0.25, 0.3) is 0 Å². The van der Waals surface area contributed by atoms with E-state index >= 15 is 0 Å². The molecule has 0 aromatic heterocycles. The highest BCUT2D eigenvalue weighted by molar-refractivity contribution is 5.72. The quantitative estimate of drug-likeness (QED) is 0.0929. The Bertz CT molecular complexity index is 1360. The molecule has 0 spiro atoms. The topological polar surface area (TPSA) is 219 Å². The minimum absolute atomic E-state index is 0.0497. The van der Waals surface area contributed by atoms with E-state index in [0.29, 0.717) is 12.7 Å². The van der Waals surface area contributed by atoms with Crippen LogP contribution in [0.5, 0.6) is 0 Å². The van der Waals surface area contributed by atoms with Crippen molar-refractivity contribution >= 4 is 24.2 Å². The highest BCUT2D eigenvalue weighted by Gasteiger charge is 2.53. The molecule has 0 saturated carbocycles. The summed E-state index contributed by atoms with van der Waals surface area (Å²) in [5.74, 6) is -3.04. The molecule has 0 bridgehead atoms. The number of aliphatic hydroxyl groups is 3. The first-order chi connectivity index (χ1) is 26.3. The Balaban J connectivity index is 1.66. The fourth-order valence-electron chi connectivity index (χ4n) is 8.27. The normalized spacial score (nSPS) is 44.5. The lowest BCUT2D eigenvalue weighted by atomic mass is 9.82. The molecule has 17 nitrogen and oxygen atoms in total. The summed E-state index contributed by atoms with van der Waals surface area (Å²) in [6.45, 7) is 10.9. The van der Waals surface area contributed by atoms with Crippen molar-refractivity contribution in [3.05, 3.63) is 12.2 Å². The molecule has 4 aliphatic rings. The predicted molar refractivity (Wildman–Crippen MR) is 196 cm³/mol. The molecule has 3 fully saturated rings. The van der Waals surface area contributed by atoms with Gasteiger partial charge in [0.05, 0.1) is 43.0 Å². The molecule has 3 N–H and O–H groups in total. The summed E-state index contributed by atoms with van der Waals surface area (Å²) < 4.78 is 53.8. The Kier molecular flexibility index (Phi) is 16.4. The molecular formula is C39H63NO16. The highest BCUT2D eigenvalue weighted by atomic mass is 16.7. The van der Waals surface area contributed by atoms with E-state index in [4.69, 9.17) is 42.6 Å². The van der Waals surface area contributed by atoms with Crippen LogP contribution in [0.4, 0.5) is 0 Å². The van der Waals surface area contributed by atoms with Crippen LogP contribution in [0.15, 0.2) is 12.2 Å². The molecule has 0 aromatic carbocycles. The molecule has 0 amide bonds. The summed E-state index contributed by atoms with van der Waals surface area (Å²) >= 11 is 0. The number of aldehydes is 1. The Hall–Kier alpha value is -2.58. The third-order valence-corrected chi connectivity index (χ3v) is 11.0. The maximum Gasteiger partial charge on any atom is 0.309 e. The van der Waals surface area contributed by atoms with Crippen molar-refractivity contribution in [1.29, 1.82) is 0 Å². The average molecular weight is 802 g/mol. The van der Waals surface area contributed by atoms with Crippen LogP contribution < -0.4 is 0 Å². The molecule has 17 heteroatoms. The first-order valence-electron chi connectivity index (χ1n) is 19.5. The number of nitrogens with zero attached hydrogens (tertiary/aromatic N) is 1. The number of hydrogen-bond donors (Lipinski definition) is 3. The molecule has 320 valence electrons. The number of likely N-dealkylation sites (N-methyl/N-ethyl adjacent to an activating group) is 1. The standard InChI is InChI=1S/C39H63NO16/c1-19-15-25(13-14-41)35(36(48-10)29(52-23(5)42)17-30(45)49-20(2)16-28-27(54-28)12-11-26(19)44)56-38-33(46)32(40(8)9)34(21(3)51-38)55-31-18-39(7,47)37(22(4)50-31)53-24(6)43/h11-12,14,19-22,25-29,31-38,44,46-47H,13,15-18H2,1-10H3/b12-11+. The first kappa shape index (κ1) is 46.1.